The van der Waals surface area contributed by atoms with Crippen molar-refractivity contribution in [2.75, 3.05) is 13.2 Å². The molecule has 0 aliphatic carbocycles. The van der Waals surface area contributed by atoms with Crippen molar-refractivity contribution in [1.82, 2.24) is 5.32 Å². The maximum atomic E-state index is 12.2. The Balaban J connectivity index is 2.72. The molecular weight excluding hydrogens is 362 g/mol. The lowest BCUT2D eigenvalue weighted by atomic mass is 9.89. The molecule has 1 aromatic rings. The van der Waals surface area contributed by atoms with Crippen molar-refractivity contribution in [1.29, 1.82) is 0 Å². The monoisotopic (exact) mass is 395 g/mol. The van der Waals surface area contributed by atoms with Crippen LogP contribution in [0.1, 0.15) is 53.0 Å². The summed E-state index contributed by atoms with van der Waals surface area (Å²) >= 11 is 0. The second kappa shape index (κ2) is 11.0. The molecule has 0 bridgehead atoms. The van der Waals surface area contributed by atoms with Gasteiger partial charge in [0.15, 0.2) is 0 Å². The highest BCUT2D eigenvalue weighted by atomic mass is 16.6. The van der Waals surface area contributed by atoms with E-state index in [0.717, 1.165) is 5.56 Å². The van der Waals surface area contributed by atoms with E-state index in [4.69, 9.17) is 14.2 Å². The number of ether oxygens (including phenoxy) is 3. The molecule has 28 heavy (non-hydrogen) atoms. The standard InChI is InChI=1S/C21H33NO6/c1-6-27-18(24)14-17(23)21(5,22-19(25)28-20(2,3)4)12-13-26-15-16-10-8-7-9-11-16/h7-11,17,23H,6,12-15H2,1-5H3,(H,22,25). The van der Waals surface area contributed by atoms with Gasteiger partial charge in [-0.3, -0.25) is 4.79 Å². The Bertz CT molecular complexity index is 613. The predicted molar refractivity (Wildman–Crippen MR) is 106 cm³/mol. The van der Waals surface area contributed by atoms with Gasteiger partial charge in [0.05, 0.1) is 31.3 Å². The number of hydrogen-bond acceptors (Lipinski definition) is 6. The minimum absolute atomic E-state index is 0.224. The van der Waals surface area contributed by atoms with Crippen LogP contribution in [0.5, 0.6) is 0 Å². The molecule has 0 aromatic heterocycles. The van der Waals surface area contributed by atoms with Crippen molar-refractivity contribution in [2.24, 2.45) is 0 Å². The number of nitrogens with one attached hydrogen (secondary N) is 1. The zero-order valence-electron chi connectivity index (χ0n) is 17.5. The number of alkyl carbamates (subject to hydrolysis) is 1. The maximum absolute atomic E-state index is 12.2. The van der Waals surface area contributed by atoms with Crippen molar-refractivity contribution < 1.29 is 28.9 Å². The van der Waals surface area contributed by atoms with Crippen LogP contribution >= 0.6 is 0 Å². The lowest BCUT2D eigenvalue weighted by molar-refractivity contribution is -0.146. The summed E-state index contributed by atoms with van der Waals surface area (Å²) in [7, 11) is 0. The smallest absolute Gasteiger partial charge is 0.408 e. The van der Waals surface area contributed by atoms with E-state index >= 15 is 0 Å². The van der Waals surface area contributed by atoms with Crippen LogP contribution < -0.4 is 5.32 Å². The number of carbonyl (C=O) groups excluding carboxylic acids is 2. The van der Waals surface area contributed by atoms with Gasteiger partial charge in [-0.25, -0.2) is 4.79 Å². The first kappa shape index (κ1) is 23.9. The highest BCUT2D eigenvalue weighted by Gasteiger charge is 2.37. The summed E-state index contributed by atoms with van der Waals surface area (Å²) < 4.78 is 15.9. The third-order valence-corrected chi connectivity index (χ3v) is 4.06. The van der Waals surface area contributed by atoms with Crippen LogP contribution in [0.25, 0.3) is 0 Å². The first-order valence-corrected chi connectivity index (χ1v) is 9.52. The number of rotatable bonds is 10. The molecule has 0 radical (unpaired) electrons. The molecule has 0 fully saturated rings. The predicted octanol–water partition coefficient (Wildman–Crippen LogP) is 3.19. The van der Waals surface area contributed by atoms with Crippen LogP contribution in [-0.2, 0) is 25.6 Å². The molecule has 2 N–H and O–H groups in total. The Hall–Kier alpha value is -2.12. The first-order valence-electron chi connectivity index (χ1n) is 9.52. The van der Waals surface area contributed by atoms with Gasteiger partial charge in [-0.05, 0) is 46.6 Å². The van der Waals surface area contributed by atoms with Crippen molar-refractivity contribution in [3.63, 3.8) is 0 Å². The van der Waals surface area contributed by atoms with E-state index in [0.29, 0.717) is 13.0 Å². The van der Waals surface area contributed by atoms with Gasteiger partial charge in [-0.2, -0.15) is 0 Å². The molecule has 1 aromatic carbocycles. The number of amides is 1. The normalized spacial score (nSPS) is 14.6. The molecule has 0 aliphatic rings. The summed E-state index contributed by atoms with van der Waals surface area (Å²) in [4.78, 5) is 24.0. The Labute approximate surface area is 167 Å². The van der Waals surface area contributed by atoms with Crippen LogP contribution in [0, 0.1) is 0 Å². The Kier molecular flexibility index (Phi) is 9.41. The Morgan fingerprint density at radius 1 is 1.14 bits per heavy atom. The second-order valence-corrected chi connectivity index (χ2v) is 7.86. The molecule has 0 heterocycles. The molecule has 7 heteroatoms. The molecule has 2 atom stereocenters. The van der Waals surface area contributed by atoms with Crippen LogP contribution in [0.15, 0.2) is 30.3 Å². The van der Waals surface area contributed by atoms with Crippen LogP contribution in [0.3, 0.4) is 0 Å². The molecule has 158 valence electrons. The molecule has 0 saturated heterocycles. The van der Waals surface area contributed by atoms with Crippen molar-refractivity contribution in [2.45, 2.75) is 71.3 Å². The summed E-state index contributed by atoms with van der Waals surface area (Å²) in [5.74, 6) is -0.530. The largest absolute Gasteiger partial charge is 0.466 e. The summed E-state index contributed by atoms with van der Waals surface area (Å²) in [5.41, 5.74) is -0.775. The fraction of sp³-hybridized carbons (Fsp3) is 0.619. The van der Waals surface area contributed by atoms with E-state index in [9.17, 15) is 14.7 Å². The minimum Gasteiger partial charge on any atom is -0.466 e. The molecule has 0 spiro atoms. The summed E-state index contributed by atoms with van der Waals surface area (Å²) in [5, 5.41) is 13.3. The number of benzene rings is 1. The minimum atomic E-state index is -1.15. The lowest BCUT2D eigenvalue weighted by Crippen LogP contribution is -2.56. The Morgan fingerprint density at radius 3 is 2.36 bits per heavy atom. The zero-order chi connectivity index (χ0) is 21.2. The number of aliphatic hydroxyl groups is 1. The number of aliphatic hydroxyl groups excluding tert-OH is 1. The fourth-order valence-corrected chi connectivity index (χ4v) is 2.50. The second-order valence-electron chi connectivity index (χ2n) is 7.86. The SMILES string of the molecule is CCOC(=O)CC(O)C(C)(CCOCc1ccccc1)NC(=O)OC(C)(C)C. The highest BCUT2D eigenvalue weighted by Crippen LogP contribution is 2.21. The van der Waals surface area contributed by atoms with Gasteiger partial charge in [0, 0.05) is 6.61 Å². The van der Waals surface area contributed by atoms with Gasteiger partial charge in [0.1, 0.15) is 5.60 Å². The number of esters is 1. The molecule has 7 nitrogen and oxygen atoms in total. The third-order valence-electron chi connectivity index (χ3n) is 4.06. The van der Waals surface area contributed by atoms with Crippen LogP contribution in [0.2, 0.25) is 0 Å². The zero-order valence-corrected chi connectivity index (χ0v) is 17.5. The van der Waals surface area contributed by atoms with Crippen molar-refractivity contribution >= 4 is 12.1 Å². The summed E-state index contributed by atoms with van der Waals surface area (Å²) in [6.45, 7) is 9.53. The highest BCUT2D eigenvalue weighted by molar-refractivity contribution is 5.71. The summed E-state index contributed by atoms with van der Waals surface area (Å²) in [6.07, 6.45) is -1.77. The topological polar surface area (TPSA) is 94.1 Å². The van der Waals surface area contributed by atoms with E-state index in [1.807, 2.05) is 30.3 Å². The molecule has 1 rings (SSSR count). The van der Waals surface area contributed by atoms with E-state index in [-0.39, 0.29) is 19.6 Å². The quantitative estimate of drug-likeness (QED) is 0.467. The van der Waals surface area contributed by atoms with Crippen molar-refractivity contribution in [3.8, 4) is 0 Å². The average molecular weight is 395 g/mol. The molecule has 2 unspecified atom stereocenters. The van der Waals surface area contributed by atoms with Gasteiger partial charge in [0.25, 0.3) is 0 Å². The van der Waals surface area contributed by atoms with Gasteiger partial charge in [-0.1, -0.05) is 30.3 Å². The van der Waals surface area contributed by atoms with Gasteiger partial charge < -0.3 is 24.6 Å². The summed E-state index contributed by atoms with van der Waals surface area (Å²) in [6, 6.07) is 9.69. The van der Waals surface area contributed by atoms with Gasteiger partial charge in [0.2, 0.25) is 0 Å². The molecule has 1 amide bonds. The van der Waals surface area contributed by atoms with Crippen LogP contribution in [-0.4, -0.2) is 47.6 Å². The fourth-order valence-electron chi connectivity index (χ4n) is 2.50. The van der Waals surface area contributed by atoms with Gasteiger partial charge in [-0.15, -0.1) is 0 Å². The van der Waals surface area contributed by atoms with Crippen molar-refractivity contribution in [3.05, 3.63) is 35.9 Å². The van der Waals surface area contributed by atoms with E-state index in [1.165, 1.54) is 0 Å². The maximum Gasteiger partial charge on any atom is 0.408 e. The van der Waals surface area contributed by atoms with E-state index < -0.39 is 29.3 Å². The molecular formula is C21H33NO6. The van der Waals surface area contributed by atoms with E-state index in [1.54, 1.807) is 34.6 Å². The third kappa shape index (κ3) is 9.19. The lowest BCUT2D eigenvalue weighted by Gasteiger charge is -2.35. The first-order chi connectivity index (χ1) is 13.1. The Morgan fingerprint density at radius 2 is 1.79 bits per heavy atom. The average Bonchev–Trinajstić information content (AvgIpc) is 2.58. The van der Waals surface area contributed by atoms with Crippen LogP contribution in [0.4, 0.5) is 4.79 Å². The number of hydrogen-bond donors (Lipinski definition) is 2. The molecule has 0 aliphatic heterocycles. The van der Waals surface area contributed by atoms with Gasteiger partial charge >= 0.3 is 12.1 Å². The molecule has 0 saturated carbocycles. The number of carbonyl (C=O) groups is 2. The van der Waals surface area contributed by atoms with E-state index in [2.05, 4.69) is 5.32 Å².